The highest BCUT2D eigenvalue weighted by Gasteiger charge is 2.13. The van der Waals surface area contributed by atoms with Crippen LogP contribution in [0.5, 0.6) is 0 Å². The Morgan fingerprint density at radius 3 is 2.72 bits per heavy atom. The fraction of sp³-hybridized carbons (Fsp3) is 0.143. The molecule has 0 fully saturated rings. The van der Waals surface area contributed by atoms with Crippen molar-refractivity contribution in [3.05, 3.63) is 47.1 Å². The number of hydrogen-bond acceptors (Lipinski definition) is 2. The highest BCUT2D eigenvalue weighted by atomic mass is 35.5. The van der Waals surface area contributed by atoms with Gasteiger partial charge in [-0.2, -0.15) is 0 Å². The van der Waals surface area contributed by atoms with Crippen LogP contribution in [0.2, 0.25) is 5.02 Å². The van der Waals surface area contributed by atoms with Gasteiger partial charge in [0.05, 0.1) is 11.0 Å². The summed E-state index contributed by atoms with van der Waals surface area (Å²) in [6.07, 6.45) is 1.71. The zero-order chi connectivity index (χ0) is 12.7. The second kappa shape index (κ2) is 4.10. The quantitative estimate of drug-likeness (QED) is 0.667. The number of benzene rings is 1. The second-order valence-corrected chi connectivity index (χ2v) is 4.66. The molecule has 1 aromatic carbocycles. The Balaban J connectivity index is 2.32. The van der Waals surface area contributed by atoms with Crippen molar-refractivity contribution in [1.29, 1.82) is 0 Å². The Labute approximate surface area is 110 Å². The van der Waals surface area contributed by atoms with Crippen molar-refractivity contribution >= 4 is 22.6 Å². The van der Waals surface area contributed by atoms with Gasteiger partial charge in [0.15, 0.2) is 5.82 Å². The molecule has 0 radical (unpaired) electrons. The molecule has 0 N–H and O–H groups in total. The van der Waals surface area contributed by atoms with Crippen molar-refractivity contribution in [2.75, 3.05) is 0 Å². The van der Waals surface area contributed by atoms with E-state index in [2.05, 4.69) is 9.97 Å². The number of hydrogen-bond donors (Lipinski definition) is 0. The molecule has 0 saturated heterocycles. The summed E-state index contributed by atoms with van der Waals surface area (Å²) in [7, 11) is 1.99. The summed E-state index contributed by atoms with van der Waals surface area (Å²) in [5.74, 6) is 0.844. The Morgan fingerprint density at radius 2 is 1.94 bits per heavy atom. The van der Waals surface area contributed by atoms with E-state index >= 15 is 0 Å². The molecule has 0 saturated carbocycles. The molecule has 4 heteroatoms. The number of halogens is 1. The summed E-state index contributed by atoms with van der Waals surface area (Å²) in [5.41, 5.74) is 3.85. The lowest BCUT2D eigenvalue weighted by molar-refractivity contribution is 0.947. The number of para-hydroxylation sites is 2. The molecule has 0 atom stereocenters. The highest BCUT2D eigenvalue weighted by Crippen LogP contribution is 2.27. The SMILES string of the molecule is Cc1c(Cl)ccnc1-c1nc2ccccc2n1C. The summed E-state index contributed by atoms with van der Waals surface area (Å²) in [5, 5.41) is 0.715. The number of pyridine rings is 1. The predicted octanol–water partition coefficient (Wildman–Crippen LogP) is 3.60. The molecule has 0 bridgehead atoms. The monoisotopic (exact) mass is 257 g/mol. The molecule has 2 heterocycles. The van der Waals surface area contributed by atoms with Gasteiger partial charge in [0, 0.05) is 18.3 Å². The first-order chi connectivity index (χ1) is 8.68. The van der Waals surface area contributed by atoms with Gasteiger partial charge in [0.25, 0.3) is 0 Å². The highest BCUT2D eigenvalue weighted by molar-refractivity contribution is 6.31. The third-order valence-corrected chi connectivity index (χ3v) is 3.55. The van der Waals surface area contributed by atoms with Crippen LogP contribution in [0.4, 0.5) is 0 Å². The van der Waals surface area contributed by atoms with Gasteiger partial charge in [-0.25, -0.2) is 4.98 Å². The standard InChI is InChI=1S/C14H12ClN3/c1-9-10(15)7-8-16-13(9)14-17-11-5-3-4-6-12(11)18(14)2/h3-8H,1-2H3. The van der Waals surface area contributed by atoms with Gasteiger partial charge in [0.1, 0.15) is 5.69 Å². The van der Waals surface area contributed by atoms with E-state index in [1.165, 1.54) is 0 Å². The van der Waals surface area contributed by atoms with Crippen LogP contribution < -0.4 is 0 Å². The van der Waals surface area contributed by atoms with Gasteiger partial charge in [-0.3, -0.25) is 4.98 Å². The number of imidazole rings is 1. The van der Waals surface area contributed by atoms with Crippen molar-refractivity contribution in [3.8, 4) is 11.5 Å². The summed E-state index contributed by atoms with van der Waals surface area (Å²) in [6.45, 7) is 1.96. The fourth-order valence-corrected chi connectivity index (χ4v) is 2.24. The summed E-state index contributed by atoms with van der Waals surface area (Å²) < 4.78 is 2.04. The van der Waals surface area contributed by atoms with Crippen molar-refractivity contribution in [2.45, 2.75) is 6.92 Å². The first-order valence-electron chi connectivity index (χ1n) is 5.71. The number of aryl methyl sites for hydroxylation is 1. The predicted molar refractivity (Wildman–Crippen MR) is 73.7 cm³/mol. The summed E-state index contributed by atoms with van der Waals surface area (Å²) >= 11 is 6.14. The first-order valence-corrected chi connectivity index (χ1v) is 6.09. The van der Waals surface area contributed by atoms with Gasteiger partial charge >= 0.3 is 0 Å². The molecular formula is C14H12ClN3. The third-order valence-electron chi connectivity index (χ3n) is 3.14. The maximum absolute atomic E-state index is 6.14. The minimum atomic E-state index is 0.715. The van der Waals surface area contributed by atoms with E-state index in [4.69, 9.17) is 11.6 Å². The van der Waals surface area contributed by atoms with Crippen molar-refractivity contribution in [3.63, 3.8) is 0 Å². The van der Waals surface area contributed by atoms with E-state index in [-0.39, 0.29) is 0 Å². The van der Waals surface area contributed by atoms with E-state index < -0.39 is 0 Å². The van der Waals surface area contributed by atoms with Crippen molar-refractivity contribution in [2.24, 2.45) is 7.05 Å². The maximum Gasteiger partial charge on any atom is 0.159 e. The van der Waals surface area contributed by atoms with E-state index in [0.29, 0.717) is 5.02 Å². The molecule has 0 spiro atoms. The summed E-state index contributed by atoms with van der Waals surface area (Å²) in [6, 6.07) is 9.83. The van der Waals surface area contributed by atoms with Crippen LogP contribution >= 0.6 is 11.6 Å². The van der Waals surface area contributed by atoms with Crippen molar-refractivity contribution < 1.29 is 0 Å². The average molecular weight is 258 g/mol. The lowest BCUT2D eigenvalue weighted by Crippen LogP contribution is -1.97. The Bertz CT molecular complexity index is 731. The topological polar surface area (TPSA) is 30.7 Å². The number of fused-ring (bicyclic) bond motifs is 1. The lowest BCUT2D eigenvalue weighted by Gasteiger charge is -2.06. The van der Waals surface area contributed by atoms with Crippen LogP contribution in [0.1, 0.15) is 5.56 Å². The molecular weight excluding hydrogens is 246 g/mol. The normalized spacial score (nSPS) is 11.1. The van der Waals surface area contributed by atoms with Crippen LogP contribution in [-0.2, 0) is 7.05 Å². The molecule has 90 valence electrons. The van der Waals surface area contributed by atoms with Crippen LogP contribution in [0.3, 0.4) is 0 Å². The first kappa shape index (κ1) is 11.2. The molecule has 3 aromatic rings. The zero-order valence-electron chi connectivity index (χ0n) is 10.2. The minimum Gasteiger partial charge on any atom is -0.326 e. The third kappa shape index (κ3) is 1.59. The number of nitrogens with zero attached hydrogens (tertiary/aromatic N) is 3. The van der Waals surface area contributed by atoms with E-state index in [1.807, 2.05) is 42.8 Å². The van der Waals surface area contributed by atoms with Crippen LogP contribution in [0, 0.1) is 6.92 Å². The molecule has 0 aliphatic heterocycles. The molecule has 2 aromatic heterocycles. The van der Waals surface area contributed by atoms with Gasteiger partial charge < -0.3 is 4.57 Å². The smallest absolute Gasteiger partial charge is 0.159 e. The van der Waals surface area contributed by atoms with Gasteiger partial charge in [0.2, 0.25) is 0 Å². The Hall–Kier alpha value is -1.87. The van der Waals surface area contributed by atoms with Crippen LogP contribution in [0.15, 0.2) is 36.5 Å². The van der Waals surface area contributed by atoms with Gasteiger partial charge in [-0.15, -0.1) is 0 Å². The molecule has 18 heavy (non-hydrogen) atoms. The maximum atomic E-state index is 6.14. The molecule has 0 amide bonds. The molecule has 3 rings (SSSR count). The Kier molecular flexibility index (Phi) is 2.56. The fourth-order valence-electron chi connectivity index (χ4n) is 2.09. The number of aromatic nitrogens is 3. The second-order valence-electron chi connectivity index (χ2n) is 4.25. The van der Waals surface area contributed by atoms with E-state index in [9.17, 15) is 0 Å². The van der Waals surface area contributed by atoms with Crippen LogP contribution in [0.25, 0.3) is 22.6 Å². The van der Waals surface area contributed by atoms with Crippen LogP contribution in [-0.4, -0.2) is 14.5 Å². The largest absolute Gasteiger partial charge is 0.326 e. The molecule has 3 nitrogen and oxygen atoms in total. The lowest BCUT2D eigenvalue weighted by atomic mass is 10.2. The van der Waals surface area contributed by atoms with E-state index in [0.717, 1.165) is 28.1 Å². The van der Waals surface area contributed by atoms with E-state index in [1.54, 1.807) is 12.3 Å². The van der Waals surface area contributed by atoms with Gasteiger partial charge in [-0.1, -0.05) is 23.7 Å². The average Bonchev–Trinajstić information content (AvgIpc) is 2.71. The molecule has 0 aliphatic rings. The van der Waals surface area contributed by atoms with Gasteiger partial charge in [-0.05, 0) is 30.7 Å². The Morgan fingerprint density at radius 1 is 1.17 bits per heavy atom. The minimum absolute atomic E-state index is 0.715. The molecule has 0 unspecified atom stereocenters. The van der Waals surface area contributed by atoms with Crippen molar-refractivity contribution in [1.82, 2.24) is 14.5 Å². The number of rotatable bonds is 1. The summed E-state index contributed by atoms with van der Waals surface area (Å²) in [4.78, 5) is 9.02. The zero-order valence-corrected chi connectivity index (χ0v) is 10.9. The molecule has 0 aliphatic carbocycles.